The molecule has 0 spiro atoms. The van der Waals surface area contributed by atoms with Gasteiger partial charge < -0.3 is 4.90 Å². The van der Waals surface area contributed by atoms with Gasteiger partial charge in [-0.15, -0.1) is 0 Å². The van der Waals surface area contributed by atoms with Crippen LogP contribution < -0.4 is 0 Å². The Kier molecular flexibility index (Phi) is 4.32. The molecule has 1 atom stereocenters. The molecule has 0 saturated carbocycles. The highest BCUT2D eigenvalue weighted by Crippen LogP contribution is 2.30. The second-order valence-electron chi connectivity index (χ2n) is 6.73. The molecule has 2 heteroatoms. The van der Waals surface area contributed by atoms with Crippen molar-refractivity contribution in [1.29, 1.82) is 0 Å². The molecule has 2 rings (SSSR count). The van der Waals surface area contributed by atoms with Gasteiger partial charge >= 0.3 is 0 Å². The van der Waals surface area contributed by atoms with E-state index in [1.807, 2.05) is 0 Å². The summed E-state index contributed by atoms with van der Waals surface area (Å²) in [7, 11) is 4.47. The average Bonchev–Trinajstić information content (AvgIpc) is 2.34. The van der Waals surface area contributed by atoms with Crippen molar-refractivity contribution in [2.45, 2.75) is 32.7 Å². The molecule has 19 heavy (non-hydrogen) atoms. The standard InChI is InChI=1S/C17H28N2/c1-14(2)12-15-6-8-16(9-7-15)17(3)13-18(4)10-11-19(17)5/h6-9,14H,10-13H2,1-5H3. The summed E-state index contributed by atoms with van der Waals surface area (Å²) >= 11 is 0. The lowest BCUT2D eigenvalue weighted by molar-refractivity contribution is 0.0379. The number of piperazine rings is 1. The quantitative estimate of drug-likeness (QED) is 0.824. The monoisotopic (exact) mass is 260 g/mol. The lowest BCUT2D eigenvalue weighted by Gasteiger charge is -2.46. The highest BCUT2D eigenvalue weighted by molar-refractivity contribution is 5.29. The van der Waals surface area contributed by atoms with Gasteiger partial charge in [0, 0.05) is 19.6 Å². The molecule has 0 N–H and O–H groups in total. The predicted molar refractivity (Wildman–Crippen MR) is 82.5 cm³/mol. The summed E-state index contributed by atoms with van der Waals surface area (Å²) in [5.41, 5.74) is 3.03. The van der Waals surface area contributed by atoms with Crippen LogP contribution in [0.5, 0.6) is 0 Å². The first-order valence-corrected chi connectivity index (χ1v) is 7.41. The molecule has 0 aromatic heterocycles. The number of rotatable bonds is 3. The minimum atomic E-state index is 0.142. The van der Waals surface area contributed by atoms with Gasteiger partial charge in [0.05, 0.1) is 5.54 Å². The van der Waals surface area contributed by atoms with E-state index >= 15 is 0 Å². The van der Waals surface area contributed by atoms with Gasteiger partial charge in [-0.25, -0.2) is 0 Å². The fraction of sp³-hybridized carbons (Fsp3) is 0.647. The molecule has 1 fully saturated rings. The molecule has 1 unspecified atom stereocenters. The summed E-state index contributed by atoms with van der Waals surface area (Å²) in [4.78, 5) is 4.92. The van der Waals surface area contributed by atoms with Gasteiger partial charge in [0.2, 0.25) is 0 Å². The van der Waals surface area contributed by atoms with Crippen molar-refractivity contribution < 1.29 is 0 Å². The third-order valence-electron chi connectivity index (χ3n) is 4.46. The molecular formula is C17H28N2. The molecule has 1 aliphatic heterocycles. The van der Waals surface area contributed by atoms with Crippen LogP contribution in [0.25, 0.3) is 0 Å². The molecule has 106 valence electrons. The minimum Gasteiger partial charge on any atom is -0.303 e. The summed E-state index contributed by atoms with van der Waals surface area (Å²) in [5, 5.41) is 0. The molecule has 0 bridgehead atoms. The predicted octanol–water partition coefficient (Wildman–Crippen LogP) is 2.98. The zero-order valence-corrected chi connectivity index (χ0v) is 13.1. The fourth-order valence-corrected chi connectivity index (χ4v) is 3.08. The molecule has 0 radical (unpaired) electrons. The zero-order valence-electron chi connectivity index (χ0n) is 13.1. The van der Waals surface area contributed by atoms with Crippen LogP contribution in [0.15, 0.2) is 24.3 Å². The molecular weight excluding hydrogens is 232 g/mol. The van der Waals surface area contributed by atoms with Gasteiger partial charge in [-0.2, -0.15) is 0 Å². The highest BCUT2D eigenvalue weighted by Gasteiger charge is 2.35. The molecule has 0 aliphatic carbocycles. The Balaban J connectivity index is 2.20. The molecule has 1 saturated heterocycles. The summed E-state index contributed by atoms with van der Waals surface area (Å²) in [5.74, 6) is 0.727. The van der Waals surface area contributed by atoms with Gasteiger partial charge in [-0.1, -0.05) is 38.1 Å². The highest BCUT2D eigenvalue weighted by atomic mass is 15.3. The Bertz CT molecular complexity index is 410. The Morgan fingerprint density at radius 1 is 1.11 bits per heavy atom. The van der Waals surface area contributed by atoms with E-state index < -0.39 is 0 Å². The smallest absolute Gasteiger partial charge is 0.0557 e. The van der Waals surface area contributed by atoms with Crippen LogP contribution in [-0.2, 0) is 12.0 Å². The number of likely N-dealkylation sites (N-methyl/N-ethyl adjacent to an activating group) is 2. The van der Waals surface area contributed by atoms with Gasteiger partial charge in [0.25, 0.3) is 0 Å². The number of benzene rings is 1. The second-order valence-corrected chi connectivity index (χ2v) is 6.73. The van der Waals surface area contributed by atoms with E-state index in [-0.39, 0.29) is 5.54 Å². The van der Waals surface area contributed by atoms with Gasteiger partial charge in [0.1, 0.15) is 0 Å². The third kappa shape index (κ3) is 3.18. The first kappa shape index (κ1) is 14.5. The number of hydrogen-bond donors (Lipinski definition) is 0. The van der Waals surface area contributed by atoms with Crippen LogP contribution in [-0.4, -0.2) is 43.5 Å². The van der Waals surface area contributed by atoms with Crippen LogP contribution in [0.1, 0.15) is 31.9 Å². The summed E-state index contributed by atoms with van der Waals surface area (Å²) < 4.78 is 0. The van der Waals surface area contributed by atoms with E-state index in [4.69, 9.17) is 0 Å². The SMILES string of the molecule is CC(C)Cc1ccc(C2(C)CN(C)CCN2C)cc1. The maximum absolute atomic E-state index is 2.49. The lowest BCUT2D eigenvalue weighted by atomic mass is 9.87. The fourth-order valence-electron chi connectivity index (χ4n) is 3.08. The minimum absolute atomic E-state index is 0.142. The van der Waals surface area contributed by atoms with Crippen molar-refractivity contribution in [3.63, 3.8) is 0 Å². The van der Waals surface area contributed by atoms with E-state index in [2.05, 4.69) is 68.9 Å². The van der Waals surface area contributed by atoms with E-state index in [0.29, 0.717) is 0 Å². The Labute approximate surface area is 118 Å². The van der Waals surface area contributed by atoms with E-state index in [1.54, 1.807) is 0 Å². The Hall–Kier alpha value is -0.860. The zero-order chi connectivity index (χ0) is 14.0. The van der Waals surface area contributed by atoms with Crippen molar-refractivity contribution >= 4 is 0 Å². The Morgan fingerprint density at radius 2 is 1.74 bits per heavy atom. The van der Waals surface area contributed by atoms with Crippen molar-refractivity contribution in [3.05, 3.63) is 35.4 Å². The largest absolute Gasteiger partial charge is 0.303 e. The first-order chi connectivity index (χ1) is 8.91. The first-order valence-electron chi connectivity index (χ1n) is 7.41. The second kappa shape index (κ2) is 5.64. The molecule has 1 aliphatic rings. The summed E-state index contributed by atoms with van der Waals surface area (Å²) in [6.45, 7) is 10.3. The van der Waals surface area contributed by atoms with Crippen LogP contribution >= 0.6 is 0 Å². The number of nitrogens with zero attached hydrogens (tertiary/aromatic N) is 2. The topological polar surface area (TPSA) is 6.48 Å². The van der Waals surface area contributed by atoms with Gasteiger partial charge in [-0.05, 0) is 44.5 Å². The van der Waals surface area contributed by atoms with Crippen LogP contribution in [0.2, 0.25) is 0 Å². The van der Waals surface area contributed by atoms with Crippen LogP contribution in [0.4, 0.5) is 0 Å². The summed E-state index contributed by atoms with van der Waals surface area (Å²) in [6.07, 6.45) is 1.17. The molecule has 0 amide bonds. The molecule has 1 heterocycles. The normalized spacial score (nSPS) is 26.0. The van der Waals surface area contributed by atoms with E-state index in [0.717, 1.165) is 25.6 Å². The van der Waals surface area contributed by atoms with Crippen molar-refractivity contribution in [2.24, 2.45) is 5.92 Å². The molecule has 1 aromatic carbocycles. The lowest BCUT2D eigenvalue weighted by Crippen LogP contribution is -2.56. The van der Waals surface area contributed by atoms with Crippen molar-refractivity contribution in [1.82, 2.24) is 9.80 Å². The summed E-state index contributed by atoms with van der Waals surface area (Å²) in [6, 6.07) is 9.27. The van der Waals surface area contributed by atoms with Crippen LogP contribution in [0.3, 0.4) is 0 Å². The van der Waals surface area contributed by atoms with Gasteiger partial charge in [0.15, 0.2) is 0 Å². The third-order valence-corrected chi connectivity index (χ3v) is 4.46. The molecule has 2 nitrogen and oxygen atoms in total. The van der Waals surface area contributed by atoms with Crippen molar-refractivity contribution in [3.8, 4) is 0 Å². The maximum Gasteiger partial charge on any atom is 0.0557 e. The van der Waals surface area contributed by atoms with E-state index in [9.17, 15) is 0 Å². The maximum atomic E-state index is 2.49. The number of hydrogen-bond acceptors (Lipinski definition) is 2. The van der Waals surface area contributed by atoms with Gasteiger partial charge in [-0.3, -0.25) is 4.90 Å². The van der Waals surface area contributed by atoms with Crippen LogP contribution in [0, 0.1) is 5.92 Å². The van der Waals surface area contributed by atoms with E-state index in [1.165, 1.54) is 17.5 Å². The van der Waals surface area contributed by atoms with Crippen molar-refractivity contribution in [2.75, 3.05) is 33.7 Å². The Morgan fingerprint density at radius 3 is 2.32 bits per heavy atom. The molecule has 1 aromatic rings. The average molecular weight is 260 g/mol.